The fourth-order valence-electron chi connectivity index (χ4n) is 2.06. The molecule has 9 heteroatoms. The molecule has 0 radical (unpaired) electrons. The summed E-state index contributed by atoms with van der Waals surface area (Å²) in [6.07, 6.45) is -1.95. The molecular formula is C15H7ClF3NO3S. The van der Waals surface area contributed by atoms with E-state index in [0.29, 0.717) is 28.5 Å². The molecule has 1 aliphatic heterocycles. The maximum atomic E-state index is 12.9. The Morgan fingerprint density at radius 3 is 2.58 bits per heavy atom. The number of carbonyl (C=O) groups is 2. The third kappa shape index (κ3) is 3.07. The fourth-order valence-corrected chi connectivity index (χ4v) is 3.11. The van der Waals surface area contributed by atoms with Crippen molar-refractivity contribution < 1.29 is 27.2 Å². The number of benzene rings is 1. The van der Waals surface area contributed by atoms with Crippen LogP contribution in [-0.4, -0.2) is 11.1 Å². The first kappa shape index (κ1) is 16.7. The average Bonchev–Trinajstić information content (AvgIpc) is 3.08. The van der Waals surface area contributed by atoms with Crippen molar-refractivity contribution in [3.05, 3.63) is 57.8 Å². The topological polar surface area (TPSA) is 50.5 Å². The molecule has 1 fully saturated rings. The largest absolute Gasteiger partial charge is 0.465 e. The molecule has 0 aliphatic carbocycles. The first-order valence-electron chi connectivity index (χ1n) is 6.45. The van der Waals surface area contributed by atoms with Gasteiger partial charge in [-0.05, 0) is 42.1 Å². The van der Waals surface area contributed by atoms with Gasteiger partial charge in [0.25, 0.3) is 11.1 Å². The molecule has 0 unspecified atom stereocenters. The van der Waals surface area contributed by atoms with Crippen LogP contribution in [0.1, 0.15) is 11.3 Å². The lowest BCUT2D eigenvalue weighted by Crippen LogP contribution is -2.28. The molecule has 0 N–H and O–H groups in total. The summed E-state index contributed by atoms with van der Waals surface area (Å²) < 4.78 is 43.9. The number of alkyl halides is 3. The van der Waals surface area contributed by atoms with Gasteiger partial charge in [-0.1, -0.05) is 11.6 Å². The Morgan fingerprint density at radius 2 is 1.96 bits per heavy atom. The van der Waals surface area contributed by atoms with Crippen molar-refractivity contribution in [1.82, 2.24) is 0 Å². The summed E-state index contributed by atoms with van der Waals surface area (Å²) in [6, 6.07) is 6.04. The molecule has 0 atom stereocenters. The number of furan rings is 1. The molecule has 3 rings (SSSR count). The summed E-state index contributed by atoms with van der Waals surface area (Å²) in [5, 5.41) is -1.21. The maximum Gasteiger partial charge on any atom is 0.417 e. The van der Waals surface area contributed by atoms with E-state index in [1.807, 2.05) is 0 Å². The van der Waals surface area contributed by atoms with Crippen LogP contribution in [0.25, 0.3) is 6.08 Å². The first-order chi connectivity index (χ1) is 11.3. The second kappa shape index (κ2) is 6.03. The van der Waals surface area contributed by atoms with Crippen molar-refractivity contribution in [2.45, 2.75) is 6.18 Å². The van der Waals surface area contributed by atoms with Gasteiger partial charge >= 0.3 is 6.18 Å². The Morgan fingerprint density at radius 1 is 1.21 bits per heavy atom. The van der Waals surface area contributed by atoms with Gasteiger partial charge in [0, 0.05) is 6.08 Å². The maximum absolute atomic E-state index is 12.9. The van der Waals surface area contributed by atoms with Gasteiger partial charge in [-0.2, -0.15) is 13.2 Å². The van der Waals surface area contributed by atoms with E-state index in [0.717, 1.165) is 6.07 Å². The van der Waals surface area contributed by atoms with E-state index in [2.05, 4.69) is 0 Å². The first-order valence-corrected chi connectivity index (χ1v) is 7.65. The number of amides is 2. The van der Waals surface area contributed by atoms with E-state index < -0.39 is 27.9 Å². The number of imide groups is 1. The molecule has 124 valence electrons. The van der Waals surface area contributed by atoms with Crippen LogP contribution in [0.2, 0.25) is 5.02 Å². The second-order valence-electron chi connectivity index (χ2n) is 4.69. The van der Waals surface area contributed by atoms with Gasteiger partial charge in [0.15, 0.2) is 0 Å². The molecule has 4 nitrogen and oxygen atoms in total. The quantitative estimate of drug-likeness (QED) is 0.679. The summed E-state index contributed by atoms with van der Waals surface area (Å²) in [4.78, 5) is 25.1. The van der Waals surface area contributed by atoms with Crippen LogP contribution in [0.4, 0.5) is 23.7 Å². The summed E-state index contributed by atoms with van der Waals surface area (Å²) >= 11 is 6.16. The van der Waals surface area contributed by atoms with Gasteiger partial charge in [0.1, 0.15) is 5.76 Å². The van der Waals surface area contributed by atoms with Crippen LogP contribution in [0.15, 0.2) is 45.9 Å². The highest BCUT2D eigenvalue weighted by Crippen LogP contribution is 2.40. The van der Waals surface area contributed by atoms with E-state index in [9.17, 15) is 22.8 Å². The fraction of sp³-hybridized carbons (Fsp3) is 0.0667. The van der Waals surface area contributed by atoms with Crippen molar-refractivity contribution in [3.8, 4) is 0 Å². The molecular weight excluding hydrogens is 367 g/mol. The Hall–Kier alpha value is -2.19. The highest BCUT2D eigenvalue weighted by molar-refractivity contribution is 8.19. The molecule has 2 aromatic rings. The Kier molecular flexibility index (Phi) is 4.18. The second-order valence-corrected chi connectivity index (χ2v) is 6.09. The van der Waals surface area contributed by atoms with Gasteiger partial charge in [-0.25, -0.2) is 4.90 Å². The SMILES string of the molecule is O=C1S/C(=C/c2ccco2)C(=O)N1c1ccc(Cl)c(C(F)(F)F)c1. The molecule has 2 heterocycles. The molecule has 1 aliphatic rings. The predicted octanol–water partition coefficient (Wildman–Crippen LogP) is 5.19. The minimum Gasteiger partial charge on any atom is -0.465 e. The zero-order valence-electron chi connectivity index (χ0n) is 11.6. The number of hydrogen-bond donors (Lipinski definition) is 0. The van der Waals surface area contributed by atoms with Crippen molar-refractivity contribution in [2.75, 3.05) is 4.90 Å². The van der Waals surface area contributed by atoms with Gasteiger partial charge in [0.05, 0.1) is 27.4 Å². The Bertz CT molecular complexity index is 846. The number of rotatable bonds is 2. The van der Waals surface area contributed by atoms with Gasteiger partial charge in [0.2, 0.25) is 0 Å². The van der Waals surface area contributed by atoms with Crippen LogP contribution in [0.5, 0.6) is 0 Å². The third-order valence-corrected chi connectivity index (χ3v) is 4.32. The number of hydrogen-bond acceptors (Lipinski definition) is 4. The Balaban J connectivity index is 1.98. The van der Waals surface area contributed by atoms with E-state index in [-0.39, 0.29) is 10.6 Å². The van der Waals surface area contributed by atoms with Gasteiger partial charge in [-0.3, -0.25) is 9.59 Å². The molecule has 2 amide bonds. The zero-order chi connectivity index (χ0) is 17.5. The van der Waals surface area contributed by atoms with Crippen molar-refractivity contribution in [2.24, 2.45) is 0 Å². The lowest BCUT2D eigenvalue weighted by atomic mass is 10.1. The van der Waals surface area contributed by atoms with E-state index >= 15 is 0 Å². The lowest BCUT2D eigenvalue weighted by Gasteiger charge is -2.16. The third-order valence-electron chi connectivity index (χ3n) is 3.12. The zero-order valence-corrected chi connectivity index (χ0v) is 13.2. The minimum absolute atomic E-state index is 0.0541. The molecule has 0 bridgehead atoms. The van der Waals surface area contributed by atoms with E-state index in [4.69, 9.17) is 16.0 Å². The van der Waals surface area contributed by atoms with Crippen molar-refractivity contribution >= 4 is 46.3 Å². The molecule has 24 heavy (non-hydrogen) atoms. The molecule has 0 saturated carbocycles. The smallest absolute Gasteiger partial charge is 0.417 e. The van der Waals surface area contributed by atoms with Crippen LogP contribution in [-0.2, 0) is 11.0 Å². The van der Waals surface area contributed by atoms with E-state index in [1.54, 1.807) is 12.1 Å². The van der Waals surface area contributed by atoms with Crippen molar-refractivity contribution in [1.29, 1.82) is 0 Å². The molecule has 1 saturated heterocycles. The number of anilines is 1. The number of nitrogens with zero attached hydrogens (tertiary/aromatic N) is 1. The normalized spacial score (nSPS) is 17.2. The van der Waals surface area contributed by atoms with Crippen LogP contribution in [0.3, 0.4) is 0 Å². The Labute approximate surface area is 142 Å². The van der Waals surface area contributed by atoms with Gasteiger partial charge < -0.3 is 4.42 Å². The lowest BCUT2D eigenvalue weighted by molar-refractivity contribution is -0.137. The number of carbonyl (C=O) groups excluding carboxylic acids is 2. The highest BCUT2D eigenvalue weighted by atomic mass is 35.5. The predicted molar refractivity (Wildman–Crippen MR) is 83.6 cm³/mol. The molecule has 0 spiro atoms. The summed E-state index contributed by atoms with van der Waals surface area (Å²) in [6.45, 7) is 0. The van der Waals surface area contributed by atoms with Crippen molar-refractivity contribution in [3.63, 3.8) is 0 Å². The van der Waals surface area contributed by atoms with Crippen LogP contribution < -0.4 is 4.90 Å². The monoisotopic (exact) mass is 373 g/mol. The summed E-state index contributed by atoms with van der Waals surface area (Å²) in [7, 11) is 0. The highest BCUT2D eigenvalue weighted by Gasteiger charge is 2.39. The molecule has 1 aromatic heterocycles. The standard InChI is InChI=1S/C15H7ClF3NO3S/c16-11-4-3-8(6-10(11)15(17,18)19)20-13(21)12(24-14(20)22)7-9-2-1-5-23-9/h1-7H/b12-7+. The minimum atomic E-state index is -4.70. The summed E-state index contributed by atoms with van der Waals surface area (Å²) in [5.41, 5.74) is -1.31. The summed E-state index contributed by atoms with van der Waals surface area (Å²) in [5.74, 6) is -0.371. The van der Waals surface area contributed by atoms with Crippen LogP contribution in [0, 0.1) is 0 Å². The molecule has 1 aromatic carbocycles. The number of thioether (sulfide) groups is 1. The number of halogens is 4. The van der Waals surface area contributed by atoms with Gasteiger partial charge in [-0.15, -0.1) is 0 Å². The average molecular weight is 374 g/mol. The van der Waals surface area contributed by atoms with E-state index in [1.165, 1.54) is 18.4 Å². The van der Waals surface area contributed by atoms with Crippen LogP contribution >= 0.6 is 23.4 Å².